The molecule has 0 aliphatic carbocycles. The van der Waals surface area contributed by atoms with Crippen LogP contribution in [0.15, 0.2) is 90.0 Å². The van der Waals surface area contributed by atoms with E-state index in [9.17, 15) is 9.18 Å². The van der Waals surface area contributed by atoms with E-state index in [1.165, 1.54) is 22.7 Å². The Kier molecular flexibility index (Phi) is 6.48. The number of rotatable bonds is 6. The minimum absolute atomic E-state index is 0.112. The Morgan fingerprint density at radius 3 is 2.57 bits per heavy atom. The van der Waals surface area contributed by atoms with Crippen LogP contribution in [0.5, 0.6) is 5.75 Å². The number of carbonyl (C=O) groups excluding carboxylic acids is 1. The van der Waals surface area contributed by atoms with Gasteiger partial charge in [-0.05, 0) is 36.4 Å². The molecule has 1 fully saturated rings. The Labute approximate surface area is 211 Å². The summed E-state index contributed by atoms with van der Waals surface area (Å²) in [6, 6.07) is 23.7. The second-order valence-electron chi connectivity index (χ2n) is 7.86. The van der Waals surface area contributed by atoms with E-state index in [2.05, 4.69) is 0 Å². The lowest BCUT2D eigenvalue weighted by Gasteiger charge is -2.09. The number of para-hydroxylation sites is 1. The average molecular weight is 502 g/mol. The molecule has 1 aliphatic rings. The summed E-state index contributed by atoms with van der Waals surface area (Å²) in [6.45, 7) is 0.112. The van der Waals surface area contributed by atoms with Crippen LogP contribution in [0.4, 0.5) is 4.39 Å². The van der Waals surface area contributed by atoms with Crippen LogP contribution in [0.1, 0.15) is 11.1 Å². The number of benzene rings is 3. The van der Waals surface area contributed by atoms with Crippen molar-refractivity contribution in [2.75, 3.05) is 7.05 Å². The van der Waals surface area contributed by atoms with Crippen molar-refractivity contribution in [3.05, 3.63) is 107 Å². The largest absolute Gasteiger partial charge is 0.489 e. The summed E-state index contributed by atoms with van der Waals surface area (Å²) >= 11 is 6.55. The molecule has 0 unspecified atom stereocenters. The summed E-state index contributed by atoms with van der Waals surface area (Å²) < 4.78 is 22.2. The van der Waals surface area contributed by atoms with Gasteiger partial charge in [0.25, 0.3) is 5.91 Å². The smallest absolute Gasteiger partial charge is 0.265 e. The number of hydrogen-bond donors (Lipinski definition) is 0. The summed E-state index contributed by atoms with van der Waals surface area (Å²) in [4.78, 5) is 14.6. The second kappa shape index (κ2) is 9.85. The van der Waals surface area contributed by atoms with Crippen molar-refractivity contribution in [3.63, 3.8) is 0 Å². The van der Waals surface area contributed by atoms with Gasteiger partial charge in [0, 0.05) is 29.9 Å². The zero-order chi connectivity index (χ0) is 24.4. The maximum atomic E-state index is 14.0. The molecule has 174 valence electrons. The standard InChI is InChI=1S/C27H20FN3O2S2/c1-30-26(32)24(35-27(30)34)15-20-16-31(21-10-3-2-4-11-21)29-25(20)18-9-7-12-22(14-18)33-17-19-8-5-6-13-23(19)28/h2-16H,17H2,1H3. The van der Waals surface area contributed by atoms with Gasteiger partial charge in [-0.2, -0.15) is 5.10 Å². The molecule has 1 amide bonds. The molecule has 3 aromatic carbocycles. The third-order valence-corrected chi connectivity index (χ3v) is 6.98. The lowest BCUT2D eigenvalue weighted by molar-refractivity contribution is -0.121. The molecule has 1 saturated heterocycles. The highest BCUT2D eigenvalue weighted by Crippen LogP contribution is 2.34. The third kappa shape index (κ3) is 4.89. The van der Waals surface area contributed by atoms with Gasteiger partial charge in [-0.25, -0.2) is 9.07 Å². The number of hydrogen-bond acceptors (Lipinski definition) is 5. The van der Waals surface area contributed by atoms with Gasteiger partial charge < -0.3 is 4.74 Å². The van der Waals surface area contributed by atoms with Gasteiger partial charge in [-0.15, -0.1) is 0 Å². The zero-order valence-electron chi connectivity index (χ0n) is 18.7. The fraction of sp³-hybridized carbons (Fsp3) is 0.0741. The summed E-state index contributed by atoms with van der Waals surface area (Å²) in [5.74, 6) is 0.145. The maximum Gasteiger partial charge on any atom is 0.265 e. The second-order valence-corrected chi connectivity index (χ2v) is 9.54. The molecule has 0 spiro atoms. The van der Waals surface area contributed by atoms with Gasteiger partial charge in [-0.1, -0.05) is 72.5 Å². The molecule has 8 heteroatoms. The Morgan fingerprint density at radius 1 is 1.06 bits per heavy atom. The maximum absolute atomic E-state index is 14.0. The highest BCUT2D eigenvalue weighted by Gasteiger charge is 2.29. The lowest BCUT2D eigenvalue weighted by Crippen LogP contribution is -2.22. The van der Waals surface area contributed by atoms with Crippen LogP contribution >= 0.6 is 24.0 Å². The Balaban J connectivity index is 1.52. The number of thioether (sulfide) groups is 1. The minimum atomic E-state index is -0.305. The van der Waals surface area contributed by atoms with E-state index in [4.69, 9.17) is 22.1 Å². The number of likely N-dealkylation sites (N-methyl/N-ethyl adjacent to an activating group) is 1. The molecule has 35 heavy (non-hydrogen) atoms. The monoisotopic (exact) mass is 501 g/mol. The molecule has 0 atom stereocenters. The summed E-state index contributed by atoms with van der Waals surface area (Å²) in [6.07, 6.45) is 3.71. The van der Waals surface area contributed by atoms with Crippen LogP contribution in [0.3, 0.4) is 0 Å². The van der Waals surface area contributed by atoms with Gasteiger partial charge in [0.15, 0.2) is 0 Å². The van der Waals surface area contributed by atoms with Crippen molar-refractivity contribution < 1.29 is 13.9 Å². The zero-order valence-corrected chi connectivity index (χ0v) is 20.4. The molecule has 1 aliphatic heterocycles. The quantitative estimate of drug-likeness (QED) is 0.236. The first-order valence-corrected chi connectivity index (χ1v) is 12.1. The molecule has 5 nitrogen and oxygen atoms in total. The van der Waals surface area contributed by atoms with E-state index in [0.717, 1.165) is 16.8 Å². The Bertz CT molecular complexity index is 1450. The van der Waals surface area contributed by atoms with Crippen molar-refractivity contribution >= 4 is 40.3 Å². The Hall–Kier alpha value is -3.75. The predicted molar refractivity (Wildman–Crippen MR) is 141 cm³/mol. The number of thiocarbonyl (C=S) groups is 1. The number of aromatic nitrogens is 2. The summed E-state index contributed by atoms with van der Waals surface area (Å²) in [5.41, 5.74) is 3.64. The van der Waals surface area contributed by atoms with Gasteiger partial charge >= 0.3 is 0 Å². The number of nitrogens with zero attached hydrogens (tertiary/aromatic N) is 3. The Morgan fingerprint density at radius 2 is 1.83 bits per heavy atom. The molecular weight excluding hydrogens is 481 g/mol. The summed E-state index contributed by atoms with van der Waals surface area (Å²) in [5, 5.41) is 4.82. The van der Waals surface area contributed by atoms with Crippen molar-refractivity contribution in [1.82, 2.24) is 14.7 Å². The van der Waals surface area contributed by atoms with Crippen LogP contribution in [-0.2, 0) is 11.4 Å². The van der Waals surface area contributed by atoms with E-state index in [1.54, 1.807) is 29.9 Å². The fourth-order valence-corrected chi connectivity index (χ4v) is 4.80. The normalized spacial score (nSPS) is 14.7. The van der Waals surface area contributed by atoms with E-state index in [-0.39, 0.29) is 18.3 Å². The molecule has 2 heterocycles. The molecule has 0 N–H and O–H groups in total. The minimum Gasteiger partial charge on any atom is -0.489 e. The lowest BCUT2D eigenvalue weighted by atomic mass is 10.1. The van der Waals surface area contributed by atoms with Crippen molar-refractivity contribution in [3.8, 4) is 22.7 Å². The van der Waals surface area contributed by atoms with E-state index in [1.807, 2.05) is 66.9 Å². The van der Waals surface area contributed by atoms with Gasteiger partial charge in [-0.3, -0.25) is 9.69 Å². The van der Waals surface area contributed by atoms with Crippen LogP contribution in [0, 0.1) is 5.82 Å². The highest BCUT2D eigenvalue weighted by molar-refractivity contribution is 8.26. The molecule has 0 saturated carbocycles. The average Bonchev–Trinajstić information content (AvgIpc) is 3.41. The van der Waals surface area contributed by atoms with Gasteiger partial charge in [0.2, 0.25) is 0 Å². The molecule has 5 rings (SSSR count). The number of ether oxygens (including phenoxy) is 1. The number of amides is 1. The first-order valence-electron chi connectivity index (χ1n) is 10.8. The van der Waals surface area contributed by atoms with Gasteiger partial charge in [0.1, 0.15) is 28.2 Å². The number of halogens is 1. The van der Waals surface area contributed by atoms with E-state index >= 15 is 0 Å². The fourth-order valence-electron chi connectivity index (χ4n) is 3.63. The van der Waals surface area contributed by atoms with Crippen LogP contribution in [0.25, 0.3) is 23.0 Å². The predicted octanol–water partition coefficient (Wildman–Crippen LogP) is 6.09. The SMILES string of the molecule is CN1C(=O)C(=Cc2cn(-c3ccccc3)nc2-c2cccc(OCc3ccccc3F)c2)SC1=S. The van der Waals surface area contributed by atoms with Crippen molar-refractivity contribution in [2.45, 2.75) is 6.61 Å². The molecule has 0 radical (unpaired) electrons. The first-order chi connectivity index (χ1) is 17.0. The molecule has 0 bridgehead atoms. The van der Waals surface area contributed by atoms with Crippen molar-refractivity contribution in [2.24, 2.45) is 0 Å². The molecular formula is C27H20FN3O2S2. The highest BCUT2D eigenvalue weighted by atomic mass is 32.2. The first kappa shape index (κ1) is 23.0. The van der Waals surface area contributed by atoms with E-state index in [0.29, 0.717) is 26.2 Å². The topological polar surface area (TPSA) is 47.4 Å². The summed E-state index contributed by atoms with van der Waals surface area (Å²) in [7, 11) is 1.67. The van der Waals surface area contributed by atoms with Crippen LogP contribution < -0.4 is 4.74 Å². The van der Waals surface area contributed by atoms with Gasteiger partial charge in [0.05, 0.1) is 10.6 Å². The van der Waals surface area contributed by atoms with E-state index < -0.39 is 0 Å². The van der Waals surface area contributed by atoms with Crippen LogP contribution in [0.2, 0.25) is 0 Å². The molecule has 4 aromatic rings. The van der Waals surface area contributed by atoms with Crippen LogP contribution in [-0.4, -0.2) is 32.0 Å². The molecule has 1 aromatic heterocycles. The van der Waals surface area contributed by atoms with Crippen molar-refractivity contribution in [1.29, 1.82) is 0 Å². The number of carbonyl (C=O) groups is 1. The third-order valence-electron chi connectivity index (χ3n) is 5.50.